The zero-order valence-electron chi connectivity index (χ0n) is 11.4. The van der Waals surface area contributed by atoms with Crippen LogP contribution in [0, 0.1) is 0 Å². The van der Waals surface area contributed by atoms with Gasteiger partial charge in [-0.15, -0.1) is 0 Å². The lowest BCUT2D eigenvalue weighted by Gasteiger charge is -2.10. The molecule has 0 spiro atoms. The van der Waals surface area contributed by atoms with E-state index in [1.54, 1.807) is 7.11 Å². The van der Waals surface area contributed by atoms with Crippen LogP contribution in [0.25, 0.3) is 6.08 Å². The minimum absolute atomic E-state index is 0.0108. The molecule has 3 nitrogen and oxygen atoms in total. The van der Waals surface area contributed by atoms with Gasteiger partial charge in [-0.05, 0) is 37.1 Å². The van der Waals surface area contributed by atoms with Crippen LogP contribution in [0.1, 0.15) is 18.9 Å². The van der Waals surface area contributed by atoms with Gasteiger partial charge in [-0.3, -0.25) is 4.79 Å². The number of carbonyl (C=O) groups excluding carboxylic acids is 1. The van der Waals surface area contributed by atoms with Crippen LogP contribution in [0.5, 0.6) is 5.75 Å². The van der Waals surface area contributed by atoms with E-state index in [-0.39, 0.29) is 6.10 Å². The van der Waals surface area contributed by atoms with Gasteiger partial charge in [0.2, 0.25) is 0 Å². The summed E-state index contributed by atoms with van der Waals surface area (Å²) in [6.45, 7) is 2.60. The minimum Gasteiger partial charge on any atom is -0.497 e. The van der Waals surface area contributed by atoms with Crippen LogP contribution >= 0.6 is 0 Å². The van der Waals surface area contributed by atoms with Crippen molar-refractivity contribution in [1.82, 2.24) is 0 Å². The highest BCUT2D eigenvalue weighted by molar-refractivity contribution is 5.64. The van der Waals surface area contributed by atoms with Crippen LogP contribution < -0.4 is 4.74 Å². The van der Waals surface area contributed by atoms with Gasteiger partial charge in [-0.1, -0.05) is 30.4 Å². The summed E-state index contributed by atoms with van der Waals surface area (Å²) in [6, 6.07) is 7.81. The van der Waals surface area contributed by atoms with Crippen molar-refractivity contribution < 1.29 is 14.3 Å². The molecule has 0 bridgehead atoms. The van der Waals surface area contributed by atoms with E-state index in [1.807, 2.05) is 49.4 Å². The molecule has 1 aromatic carbocycles. The second kappa shape index (κ2) is 9.11. The van der Waals surface area contributed by atoms with Gasteiger partial charge in [0.15, 0.2) is 0 Å². The van der Waals surface area contributed by atoms with Crippen molar-refractivity contribution in [3.63, 3.8) is 0 Å². The number of benzene rings is 1. The summed E-state index contributed by atoms with van der Waals surface area (Å²) in [6.07, 6.45) is 8.77. The molecule has 0 radical (unpaired) electrons. The summed E-state index contributed by atoms with van der Waals surface area (Å²) in [5.41, 5.74) is 1.09. The largest absolute Gasteiger partial charge is 0.497 e. The molecule has 1 unspecified atom stereocenters. The average Bonchev–Trinajstić information content (AvgIpc) is 2.45. The Labute approximate surface area is 114 Å². The Hall–Kier alpha value is -1.87. The molecule has 3 heteroatoms. The van der Waals surface area contributed by atoms with Crippen LogP contribution in [-0.2, 0) is 9.53 Å². The highest BCUT2D eigenvalue weighted by Crippen LogP contribution is 2.13. The van der Waals surface area contributed by atoms with Crippen LogP contribution in [0.15, 0.2) is 42.5 Å². The van der Waals surface area contributed by atoms with Gasteiger partial charge >= 0.3 is 0 Å². The molecule has 19 heavy (non-hydrogen) atoms. The van der Waals surface area contributed by atoms with Crippen molar-refractivity contribution in [1.29, 1.82) is 0 Å². The first kappa shape index (κ1) is 15.2. The lowest BCUT2D eigenvalue weighted by Crippen LogP contribution is -2.08. The Balaban J connectivity index is 2.62. The fraction of sp³-hybridized carbons (Fsp3) is 0.312. The Kier molecular flexibility index (Phi) is 7.28. The second-order valence-electron chi connectivity index (χ2n) is 3.93. The molecule has 0 heterocycles. The van der Waals surface area contributed by atoms with Crippen molar-refractivity contribution >= 4 is 12.4 Å². The van der Waals surface area contributed by atoms with E-state index >= 15 is 0 Å². The maximum absolute atomic E-state index is 10.2. The molecular formula is C16H20O3. The summed E-state index contributed by atoms with van der Waals surface area (Å²) in [4.78, 5) is 10.2. The molecule has 0 aliphatic rings. The molecule has 1 atom stereocenters. The van der Waals surface area contributed by atoms with Crippen molar-refractivity contribution in [2.75, 3.05) is 13.7 Å². The molecule has 102 valence electrons. The van der Waals surface area contributed by atoms with E-state index in [2.05, 4.69) is 0 Å². The normalized spacial score (nSPS) is 12.9. The van der Waals surface area contributed by atoms with Crippen molar-refractivity contribution in [3.8, 4) is 5.75 Å². The van der Waals surface area contributed by atoms with Gasteiger partial charge in [0.1, 0.15) is 12.0 Å². The smallest absolute Gasteiger partial charge is 0.142 e. The summed E-state index contributed by atoms with van der Waals surface area (Å²) >= 11 is 0. The molecule has 0 saturated heterocycles. The van der Waals surface area contributed by atoms with Gasteiger partial charge < -0.3 is 9.47 Å². The van der Waals surface area contributed by atoms with Crippen LogP contribution in [0.2, 0.25) is 0 Å². The number of methoxy groups -OCH3 is 1. The van der Waals surface area contributed by atoms with Crippen LogP contribution in [-0.4, -0.2) is 26.1 Å². The Morgan fingerprint density at radius 3 is 2.58 bits per heavy atom. The molecule has 0 aliphatic heterocycles. The summed E-state index contributed by atoms with van der Waals surface area (Å²) in [5, 5.41) is 0. The monoisotopic (exact) mass is 260 g/mol. The fourth-order valence-electron chi connectivity index (χ4n) is 1.62. The topological polar surface area (TPSA) is 35.5 Å². The third-order valence-electron chi connectivity index (χ3n) is 2.58. The molecule has 1 rings (SSSR count). The summed E-state index contributed by atoms with van der Waals surface area (Å²) in [7, 11) is 1.65. The lowest BCUT2D eigenvalue weighted by molar-refractivity contribution is -0.104. The lowest BCUT2D eigenvalue weighted by atomic mass is 10.1. The third kappa shape index (κ3) is 6.02. The van der Waals surface area contributed by atoms with E-state index in [1.165, 1.54) is 6.08 Å². The van der Waals surface area contributed by atoms with Crippen molar-refractivity contribution in [3.05, 3.63) is 48.1 Å². The van der Waals surface area contributed by atoms with E-state index in [0.717, 1.165) is 17.6 Å². The van der Waals surface area contributed by atoms with E-state index in [9.17, 15) is 4.79 Å². The highest BCUT2D eigenvalue weighted by atomic mass is 16.5. The van der Waals surface area contributed by atoms with Gasteiger partial charge in [0.05, 0.1) is 13.2 Å². The molecule has 0 saturated carbocycles. The quantitative estimate of drug-likeness (QED) is 0.531. The number of carbonyl (C=O) groups is 1. The minimum atomic E-state index is -0.0108. The van der Waals surface area contributed by atoms with Crippen LogP contribution in [0.3, 0.4) is 0 Å². The molecule has 0 aromatic heterocycles. The molecule has 0 amide bonds. The Morgan fingerprint density at radius 1 is 1.26 bits per heavy atom. The SMILES string of the molecule is CCOC(C=Cc1ccc(OC)cc1)CC=CC=O. The molecular weight excluding hydrogens is 240 g/mol. The van der Waals surface area contributed by atoms with Gasteiger partial charge in [-0.25, -0.2) is 0 Å². The zero-order valence-corrected chi connectivity index (χ0v) is 11.4. The predicted octanol–water partition coefficient (Wildman–Crippen LogP) is 3.26. The Morgan fingerprint density at radius 2 is 2.00 bits per heavy atom. The van der Waals surface area contributed by atoms with E-state index < -0.39 is 0 Å². The maximum atomic E-state index is 10.2. The third-order valence-corrected chi connectivity index (χ3v) is 2.58. The van der Waals surface area contributed by atoms with Gasteiger partial charge in [0.25, 0.3) is 0 Å². The van der Waals surface area contributed by atoms with Crippen molar-refractivity contribution in [2.45, 2.75) is 19.4 Å². The zero-order chi connectivity index (χ0) is 13.9. The predicted molar refractivity (Wildman–Crippen MR) is 77.3 cm³/mol. The molecule has 0 fully saturated rings. The number of hydrogen-bond acceptors (Lipinski definition) is 3. The van der Waals surface area contributed by atoms with Gasteiger partial charge in [0, 0.05) is 6.61 Å². The summed E-state index contributed by atoms with van der Waals surface area (Å²) in [5.74, 6) is 0.840. The number of allylic oxidation sites excluding steroid dienone is 1. The number of ether oxygens (including phenoxy) is 2. The standard InChI is InChI=1S/C16H20O3/c1-3-19-16(6-4-5-13-17)12-9-14-7-10-15(18-2)11-8-14/h4-5,7-13,16H,3,6H2,1-2H3. The first-order valence-electron chi connectivity index (χ1n) is 6.34. The fourth-order valence-corrected chi connectivity index (χ4v) is 1.62. The molecule has 0 aliphatic carbocycles. The number of aldehydes is 1. The van der Waals surface area contributed by atoms with Gasteiger partial charge in [-0.2, -0.15) is 0 Å². The average molecular weight is 260 g/mol. The van der Waals surface area contributed by atoms with E-state index in [0.29, 0.717) is 13.0 Å². The molecule has 0 N–H and O–H groups in total. The second-order valence-corrected chi connectivity index (χ2v) is 3.93. The first-order chi connectivity index (χ1) is 9.30. The first-order valence-corrected chi connectivity index (χ1v) is 6.34. The van der Waals surface area contributed by atoms with Crippen LogP contribution in [0.4, 0.5) is 0 Å². The molecule has 1 aromatic rings. The Bertz CT molecular complexity index is 418. The maximum Gasteiger partial charge on any atom is 0.142 e. The van der Waals surface area contributed by atoms with E-state index in [4.69, 9.17) is 9.47 Å². The summed E-state index contributed by atoms with van der Waals surface area (Å²) < 4.78 is 10.7. The number of rotatable bonds is 8. The van der Waals surface area contributed by atoms with Crippen molar-refractivity contribution in [2.24, 2.45) is 0 Å². The highest BCUT2D eigenvalue weighted by Gasteiger charge is 2.01. The number of hydrogen-bond donors (Lipinski definition) is 0.